The van der Waals surface area contributed by atoms with Crippen molar-refractivity contribution in [1.82, 2.24) is 10.2 Å². The van der Waals surface area contributed by atoms with Gasteiger partial charge < -0.3 is 19.9 Å². The Morgan fingerprint density at radius 3 is 2.68 bits per heavy atom. The molecule has 2 aromatic carbocycles. The van der Waals surface area contributed by atoms with Gasteiger partial charge in [-0.05, 0) is 59.1 Å². The first-order chi connectivity index (χ1) is 14.8. The van der Waals surface area contributed by atoms with Crippen molar-refractivity contribution in [3.05, 3.63) is 63.3 Å². The van der Waals surface area contributed by atoms with E-state index >= 15 is 0 Å². The maximum absolute atomic E-state index is 12.3. The minimum absolute atomic E-state index is 0.0194. The zero-order valence-corrected chi connectivity index (χ0v) is 18.6. The Morgan fingerprint density at radius 1 is 1.23 bits per heavy atom. The van der Waals surface area contributed by atoms with E-state index in [-0.39, 0.29) is 5.70 Å². The van der Waals surface area contributed by atoms with Crippen LogP contribution in [0.2, 0.25) is 0 Å². The molecule has 0 radical (unpaired) electrons. The van der Waals surface area contributed by atoms with Gasteiger partial charge in [-0.15, -0.1) is 0 Å². The van der Waals surface area contributed by atoms with Crippen molar-refractivity contribution in [2.75, 3.05) is 13.2 Å². The van der Waals surface area contributed by atoms with Crippen LogP contribution in [-0.4, -0.2) is 41.1 Å². The SMILES string of the molecule is CCOc1cc(/C=C2/NC(=O)N(CC(=O)O)C2=O)cc(Br)c1OCc1cccc(C)c1. The summed E-state index contributed by atoms with van der Waals surface area (Å²) < 4.78 is 12.3. The predicted octanol–water partition coefficient (Wildman–Crippen LogP) is 3.71. The zero-order valence-electron chi connectivity index (χ0n) is 17.0. The predicted molar refractivity (Wildman–Crippen MR) is 117 cm³/mol. The Kier molecular flexibility index (Phi) is 6.96. The highest BCUT2D eigenvalue weighted by Crippen LogP contribution is 2.38. The van der Waals surface area contributed by atoms with Crippen LogP contribution in [0.1, 0.15) is 23.6 Å². The number of urea groups is 1. The van der Waals surface area contributed by atoms with Crippen LogP contribution in [0.15, 0.2) is 46.6 Å². The first-order valence-corrected chi connectivity index (χ1v) is 10.3. The molecule has 1 saturated heterocycles. The molecular weight excluding hydrogens is 468 g/mol. The molecule has 162 valence electrons. The summed E-state index contributed by atoms with van der Waals surface area (Å²) in [5, 5.41) is 11.3. The number of aryl methyl sites for hydroxylation is 1. The van der Waals surface area contributed by atoms with Crippen LogP contribution in [-0.2, 0) is 16.2 Å². The number of nitrogens with one attached hydrogen (secondary N) is 1. The molecule has 1 fully saturated rings. The lowest BCUT2D eigenvalue weighted by atomic mass is 10.1. The average Bonchev–Trinajstić information content (AvgIpc) is 2.94. The van der Waals surface area contributed by atoms with Gasteiger partial charge in [0.25, 0.3) is 5.91 Å². The molecule has 0 aromatic heterocycles. The van der Waals surface area contributed by atoms with E-state index in [1.807, 2.05) is 38.1 Å². The highest BCUT2D eigenvalue weighted by Gasteiger charge is 2.34. The molecule has 0 atom stereocenters. The second-order valence-corrected chi connectivity index (χ2v) is 7.67. The van der Waals surface area contributed by atoms with E-state index < -0.39 is 24.5 Å². The van der Waals surface area contributed by atoms with E-state index in [4.69, 9.17) is 14.6 Å². The second kappa shape index (κ2) is 9.65. The third-order valence-corrected chi connectivity index (χ3v) is 4.95. The van der Waals surface area contributed by atoms with Gasteiger partial charge in [0.15, 0.2) is 11.5 Å². The molecule has 0 bridgehead atoms. The lowest BCUT2D eigenvalue weighted by molar-refractivity contribution is -0.140. The Balaban J connectivity index is 1.86. The van der Waals surface area contributed by atoms with Crippen LogP contribution >= 0.6 is 15.9 Å². The number of carboxylic acids is 1. The van der Waals surface area contributed by atoms with Gasteiger partial charge in [0.05, 0.1) is 11.1 Å². The summed E-state index contributed by atoms with van der Waals surface area (Å²) in [5.41, 5.74) is 2.69. The van der Waals surface area contributed by atoms with E-state index in [2.05, 4.69) is 21.2 Å². The van der Waals surface area contributed by atoms with Crippen LogP contribution in [0.4, 0.5) is 4.79 Å². The molecule has 0 aliphatic carbocycles. The van der Waals surface area contributed by atoms with Crippen LogP contribution in [0.25, 0.3) is 6.08 Å². The molecular formula is C22H21BrN2O6. The number of amides is 3. The van der Waals surface area contributed by atoms with E-state index in [1.165, 1.54) is 6.08 Å². The second-order valence-electron chi connectivity index (χ2n) is 6.81. The molecule has 0 saturated carbocycles. The lowest BCUT2D eigenvalue weighted by Gasteiger charge is -2.15. The fraction of sp³-hybridized carbons (Fsp3) is 0.227. The summed E-state index contributed by atoms with van der Waals surface area (Å²) in [4.78, 5) is 35.7. The Hall–Kier alpha value is -3.33. The van der Waals surface area contributed by atoms with Crippen LogP contribution < -0.4 is 14.8 Å². The number of benzene rings is 2. The number of hydrogen-bond donors (Lipinski definition) is 2. The topological polar surface area (TPSA) is 105 Å². The molecule has 31 heavy (non-hydrogen) atoms. The number of carbonyl (C=O) groups excluding carboxylic acids is 2. The Morgan fingerprint density at radius 2 is 2.00 bits per heavy atom. The zero-order chi connectivity index (χ0) is 22.5. The molecule has 0 spiro atoms. The minimum atomic E-state index is -1.28. The molecule has 8 nitrogen and oxygen atoms in total. The number of aliphatic carboxylic acids is 1. The molecule has 3 rings (SSSR count). The summed E-state index contributed by atoms with van der Waals surface area (Å²) in [6, 6.07) is 10.6. The summed E-state index contributed by atoms with van der Waals surface area (Å²) in [7, 11) is 0. The van der Waals surface area contributed by atoms with Gasteiger partial charge in [-0.3, -0.25) is 9.59 Å². The quantitative estimate of drug-likeness (QED) is 0.433. The standard InChI is InChI=1S/C22H21BrN2O6/c1-3-30-18-10-15(9-17-21(28)25(11-19(26)27)22(29)24-17)8-16(23)20(18)31-12-14-6-4-5-13(2)7-14/h4-10H,3,11-12H2,1-2H3,(H,24,29)(H,26,27)/b17-9+. The monoisotopic (exact) mass is 488 g/mol. The summed E-state index contributed by atoms with van der Waals surface area (Å²) in [5.74, 6) is -1.00. The summed E-state index contributed by atoms with van der Waals surface area (Å²) in [6.45, 7) is 3.89. The first-order valence-electron chi connectivity index (χ1n) is 9.49. The average molecular weight is 489 g/mol. The van der Waals surface area contributed by atoms with Crippen LogP contribution in [0.5, 0.6) is 11.5 Å². The number of nitrogens with zero attached hydrogens (tertiary/aromatic N) is 1. The van der Waals surface area contributed by atoms with E-state index in [9.17, 15) is 14.4 Å². The summed E-state index contributed by atoms with van der Waals surface area (Å²) in [6.07, 6.45) is 1.46. The molecule has 1 aliphatic rings. The number of carboxylic acid groups (broad SMARTS) is 1. The van der Waals surface area contributed by atoms with Crippen molar-refractivity contribution in [3.63, 3.8) is 0 Å². The lowest BCUT2D eigenvalue weighted by Crippen LogP contribution is -2.35. The molecule has 0 unspecified atom stereocenters. The molecule has 1 aliphatic heterocycles. The van der Waals surface area contributed by atoms with Crippen molar-refractivity contribution in [2.24, 2.45) is 0 Å². The number of imide groups is 1. The molecule has 3 amide bonds. The highest BCUT2D eigenvalue weighted by molar-refractivity contribution is 9.10. The van der Waals surface area contributed by atoms with E-state index in [0.29, 0.717) is 39.6 Å². The maximum atomic E-state index is 12.3. The van der Waals surface area contributed by atoms with Crippen LogP contribution in [0, 0.1) is 6.92 Å². The van der Waals surface area contributed by atoms with Crippen molar-refractivity contribution in [2.45, 2.75) is 20.5 Å². The van der Waals surface area contributed by atoms with Gasteiger partial charge in [-0.2, -0.15) is 0 Å². The van der Waals surface area contributed by atoms with Crippen molar-refractivity contribution in [3.8, 4) is 11.5 Å². The van der Waals surface area contributed by atoms with Crippen molar-refractivity contribution >= 4 is 39.9 Å². The van der Waals surface area contributed by atoms with Gasteiger partial charge >= 0.3 is 12.0 Å². The smallest absolute Gasteiger partial charge is 0.329 e. The normalized spacial score (nSPS) is 14.7. The minimum Gasteiger partial charge on any atom is -0.490 e. The molecule has 2 N–H and O–H groups in total. The maximum Gasteiger partial charge on any atom is 0.329 e. The van der Waals surface area contributed by atoms with Gasteiger partial charge in [0.2, 0.25) is 0 Å². The summed E-state index contributed by atoms with van der Waals surface area (Å²) >= 11 is 3.48. The number of hydrogen-bond acceptors (Lipinski definition) is 5. The molecule has 1 heterocycles. The van der Waals surface area contributed by atoms with Gasteiger partial charge in [-0.25, -0.2) is 9.69 Å². The van der Waals surface area contributed by atoms with E-state index in [0.717, 1.165) is 11.1 Å². The van der Waals surface area contributed by atoms with Crippen LogP contribution in [0.3, 0.4) is 0 Å². The Labute approximate surface area is 187 Å². The van der Waals surface area contributed by atoms with Gasteiger partial charge in [0.1, 0.15) is 18.8 Å². The highest BCUT2D eigenvalue weighted by atomic mass is 79.9. The van der Waals surface area contributed by atoms with E-state index in [1.54, 1.807) is 12.1 Å². The molecule has 2 aromatic rings. The fourth-order valence-electron chi connectivity index (χ4n) is 3.05. The van der Waals surface area contributed by atoms with Gasteiger partial charge in [-0.1, -0.05) is 29.8 Å². The third kappa shape index (κ3) is 5.43. The number of carbonyl (C=O) groups is 3. The number of rotatable bonds is 8. The largest absolute Gasteiger partial charge is 0.490 e. The Bertz CT molecular complexity index is 1070. The van der Waals surface area contributed by atoms with Crippen molar-refractivity contribution in [1.29, 1.82) is 0 Å². The fourth-order valence-corrected chi connectivity index (χ4v) is 3.62. The van der Waals surface area contributed by atoms with Gasteiger partial charge in [0, 0.05) is 0 Å². The third-order valence-electron chi connectivity index (χ3n) is 4.36. The number of ether oxygens (including phenoxy) is 2. The molecule has 9 heteroatoms. The number of halogens is 1. The first kappa shape index (κ1) is 22.4. The van der Waals surface area contributed by atoms with Crippen molar-refractivity contribution < 1.29 is 29.0 Å².